The van der Waals surface area contributed by atoms with Crippen molar-refractivity contribution in [2.24, 2.45) is 5.92 Å². The first-order valence-corrected chi connectivity index (χ1v) is 18.9. The Balaban J connectivity index is 3.95. The van der Waals surface area contributed by atoms with Crippen LogP contribution in [0.25, 0.3) is 0 Å². The van der Waals surface area contributed by atoms with Gasteiger partial charge in [0.1, 0.15) is 12.7 Å². The molecule has 0 rings (SSSR count). The Hall–Kier alpha value is -1.13. The summed E-state index contributed by atoms with van der Waals surface area (Å²) in [5, 5.41) is 18.6. The summed E-state index contributed by atoms with van der Waals surface area (Å²) in [7, 11) is 0. The van der Waals surface area contributed by atoms with Gasteiger partial charge in [-0.05, 0) is 64.2 Å². The average Bonchev–Trinajstić information content (AvgIpc) is 3.02. The standard InChI is InChI=1S/C39H74O4/c1-3-5-7-9-11-13-15-17-19-20-22-24-26-28-30-32-34-37(39(42)43-36-38(41)35-40)33-31-29-27-25-23-21-18-16-14-12-10-8-6-4-2/h17-19,21,37-38,40-41H,3-16,20,22-36H2,1-2H3/b19-17-,21-18-. The van der Waals surface area contributed by atoms with Crippen molar-refractivity contribution in [1.82, 2.24) is 0 Å². The van der Waals surface area contributed by atoms with Crippen molar-refractivity contribution >= 4 is 5.97 Å². The summed E-state index contributed by atoms with van der Waals surface area (Å²) in [6, 6.07) is 0. The van der Waals surface area contributed by atoms with Crippen LogP contribution >= 0.6 is 0 Å². The van der Waals surface area contributed by atoms with Crippen LogP contribution in [0.2, 0.25) is 0 Å². The third-order valence-electron chi connectivity index (χ3n) is 8.59. The Morgan fingerprint density at radius 3 is 1.21 bits per heavy atom. The summed E-state index contributed by atoms with van der Waals surface area (Å²) < 4.78 is 5.34. The van der Waals surface area contributed by atoms with E-state index in [4.69, 9.17) is 9.84 Å². The molecule has 0 aromatic heterocycles. The molecule has 2 unspecified atom stereocenters. The van der Waals surface area contributed by atoms with Gasteiger partial charge in [-0.2, -0.15) is 0 Å². The molecule has 0 aromatic rings. The molecule has 0 radical (unpaired) electrons. The van der Waals surface area contributed by atoms with Crippen molar-refractivity contribution in [3.63, 3.8) is 0 Å². The second kappa shape index (κ2) is 35.4. The van der Waals surface area contributed by atoms with Crippen LogP contribution in [0.5, 0.6) is 0 Å². The Bertz CT molecular complexity index is 614. The van der Waals surface area contributed by atoms with Crippen LogP contribution in [0.15, 0.2) is 24.3 Å². The van der Waals surface area contributed by atoms with E-state index in [1.165, 1.54) is 141 Å². The van der Waals surface area contributed by atoms with Crippen LogP contribution in [0, 0.1) is 5.92 Å². The molecule has 0 bridgehead atoms. The van der Waals surface area contributed by atoms with E-state index >= 15 is 0 Å². The first kappa shape index (κ1) is 41.9. The third kappa shape index (κ3) is 32.1. The molecule has 254 valence electrons. The number of hydrogen-bond acceptors (Lipinski definition) is 4. The fourth-order valence-electron chi connectivity index (χ4n) is 5.65. The molecule has 2 N–H and O–H groups in total. The van der Waals surface area contributed by atoms with E-state index in [2.05, 4.69) is 38.2 Å². The van der Waals surface area contributed by atoms with Crippen molar-refractivity contribution < 1.29 is 19.7 Å². The number of carbonyl (C=O) groups is 1. The van der Waals surface area contributed by atoms with Crippen LogP contribution < -0.4 is 0 Å². The van der Waals surface area contributed by atoms with Gasteiger partial charge in [0.15, 0.2) is 0 Å². The van der Waals surface area contributed by atoms with Gasteiger partial charge < -0.3 is 14.9 Å². The molecule has 0 saturated carbocycles. The fourth-order valence-corrected chi connectivity index (χ4v) is 5.65. The first-order chi connectivity index (χ1) is 21.2. The first-order valence-electron chi connectivity index (χ1n) is 18.9. The lowest BCUT2D eigenvalue weighted by Crippen LogP contribution is -2.25. The highest BCUT2D eigenvalue weighted by Gasteiger charge is 2.20. The van der Waals surface area contributed by atoms with Gasteiger partial charge in [0, 0.05) is 0 Å². The van der Waals surface area contributed by atoms with Crippen LogP contribution in [-0.4, -0.2) is 35.5 Å². The molecule has 0 aliphatic rings. The van der Waals surface area contributed by atoms with Crippen molar-refractivity contribution in [3.8, 4) is 0 Å². The van der Waals surface area contributed by atoms with Gasteiger partial charge >= 0.3 is 5.97 Å². The SMILES string of the molecule is CCCCCCCC/C=C\CCCCCCCCC(CCCCCC/C=C\CCCCCCCC)C(=O)OCC(O)CO. The fraction of sp³-hybridized carbons (Fsp3) is 0.872. The number of aliphatic hydroxyl groups excluding tert-OH is 2. The molecular formula is C39H74O4. The third-order valence-corrected chi connectivity index (χ3v) is 8.59. The molecular weight excluding hydrogens is 532 g/mol. The van der Waals surface area contributed by atoms with Gasteiger partial charge in [-0.3, -0.25) is 4.79 Å². The van der Waals surface area contributed by atoms with E-state index in [9.17, 15) is 9.90 Å². The highest BCUT2D eigenvalue weighted by molar-refractivity contribution is 5.72. The smallest absolute Gasteiger partial charge is 0.309 e. The summed E-state index contributed by atoms with van der Waals surface area (Å²) in [5.74, 6) is -0.280. The van der Waals surface area contributed by atoms with Crippen molar-refractivity contribution in [3.05, 3.63) is 24.3 Å². The van der Waals surface area contributed by atoms with Crippen molar-refractivity contribution in [1.29, 1.82) is 0 Å². The zero-order chi connectivity index (χ0) is 31.5. The number of aliphatic hydroxyl groups is 2. The Morgan fingerprint density at radius 1 is 0.535 bits per heavy atom. The number of hydrogen-bond donors (Lipinski definition) is 2. The van der Waals surface area contributed by atoms with Gasteiger partial charge in [0.05, 0.1) is 12.5 Å². The molecule has 4 heteroatoms. The van der Waals surface area contributed by atoms with Gasteiger partial charge in [-0.15, -0.1) is 0 Å². The number of rotatable bonds is 34. The Labute approximate surface area is 268 Å². The molecule has 0 aliphatic carbocycles. The molecule has 43 heavy (non-hydrogen) atoms. The molecule has 0 aromatic carbocycles. The van der Waals surface area contributed by atoms with E-state index in [0.29, 0.717) is 0 Å². The average molecular weight is 607 g/mol. The predicted molar refractivity (Wildman–Crippen MR) is 186 cm³/mol. The highest BCUT2D eigenvalue weighted by Crippen LogP contribution is 2.21. The molecule has 0 amide bonds. The molecule has 0 aliphatic heterocycles. The van der Waals surface area contributed by atoms with Gasteiger partial charge in [0.25, 0.3) is 0 Å². The van der Waals surface area contributed by atoms with Crippen LogP contribution in [0.1, 0.15) is 194 Å². The molecule has 0 saturated heterocycles. The van der Waals surface area contributed by atoms with Gasteiger partial charge in [0.2, 0.25) is 0 Å². The van der Waals surface area contributed by atoms with Crippen LogP contribution in [-0.2, 0) is 9.53 Å². The zero-order valence-electron chi connectivity index (χ0n) is 28.9. The number of ether oxygens (including phenoxy) is 1. The Kier molecular flexibility index (Phi) is 34.4. The van der Waals surface area contributed by atoms with E-state index in [-0.39, 0.29) is 25.1 Å². The zero-order valence-corrected chi connectivity index (χ0v) is 28.9. The van der Waals surface area contributed by atoms with E-state index in [0.717, 1.165) is 38.5 Å². The summed E-state index contributed by atoms with van der Waals surface area (Å²) in [6.07, 6.45) is 43.4. The molecule has 2 atom stereocenters. The predicted octanol–water partition coefficient (Wildman–Crippen LogP) is 11.6. The maximum Gasteiger partial charge on any atom is 0.309 e. The molecule has 4 nitrogen and oxygen atoms in total. The Morgan fingerprint density at radius 2 is 0.860 bits per heavy atom. The minimum atomic E-state index is -0.982. The summed E-state index contributed by atoms with van der Waals surface area (Å²) >= 11 is 0. The summed E-state index contributed by atoms with van der Waals surface area (Å²) in [5.41, 5.74) is 0. The largest absolute Gasteiger partial charge is 0.463 e. The van der Waals surface area contributed by atoms with Crippen molar-refractivity contribution in [2.75, 3.05) is 13.2 Å². The minimum Gasteiger partial charge on any atom is -0.463 e. The van der Waals surface area contributed by atoms with E-state index in [1.807, 2.05) is 0 Å². The quantitative estimate of drug-likeness (QED) is 0.0434. The maximum absolute atomic E-state index is 12.7. The second-order valence-corrected chi connectivity index (χ2v) is 12.9. The highest BCUT2D eigenvalue weighted by atomic mass is 16.5. The lowest BCUT2D eigenvalue weighted by molar-refractivity contribution is -0.152. The number of unbranched alkanes of at least 4 members (excludes halogenated alkanes) is 22. The molecule has 0 fully saturated rings. The minimum absolute atomic E-state index is 0.0834. The molecule has 0 spiro atoms. The number of carbonyl (C=O) groups excluding carboxylic acids is 1. The second-order valence-electron chi connectivity index (χ2n) is 12.9. The monoisotopic (exact) mass is 607 g/mol. The lowest BCUT2D eigenvalue weighted by atomic mass is 9.94. The van der Waals surface area contributed by atoms with Gasteiger partial charge in [-0.25, -0.2) is 0 Å². The summed E-state index contributed by atoms with van der Waals surface area (Å²) in [6.45, 7) is 4.06. The molecule has 0 heterocycles. The lowest BCUT2D eigenvalue weighted by Gasteiger charge is -2.17. The summed E-state index contributed by atoms with van der Waals surface area (Å²) in [4.78, 5) is 12.7. The number of esters is 1. The van der Waals surface area contributed by atoms with Crippen LogP contribution in [0.4, 0.5) is 0 Å². The van der Waals surface area contributed by atoms with E-state index in [1.54, 1.807) is 0 Å². The van der Waals surface area contributed by atoms with E-state index < -0.39 is 6.10 Å². The van der Waals surface area contributed by atoms with Crippen LogP contribution in [0.3, 0.4) is 0 Å². The van der Waals surface area contributed by atoms with Crippen molar-refractivity contribution in [2.45, 2.75) is 200 Å². The van der Waals surface area contributed by atoms with Gasteiger partial charge in [-0.1, -0.05) is 154 Å². The topological polar surface area (TPSA) is 66.8 Å². The maximum atomic E-state index is 12.7. The normalized spacial score (nSPS) is 13.3. The number of allylic oxidation sites excluding steroid dienone is 4.